The van der Waals surface area contributed by atoms with Crippen LogP contribution in [0.1, 0.15) is 29.3 Å². The van der Waals surface area contributed by atoms with Crippen LogP contribution < -0.4 is 0 Å². The lowest BCUT2D eigenvalue weighted by Gasteiger charge is -2.01. The highest BCUT2D eigenvalue weighted by Gasteiger charge is 2.14. The van der Waals surface area contributed by atoms with E-state index in [4.69, 9.17) is 0 Å². The number of hydrogen-bond donors (Lipinski definition) is 0. The maximum Gasteiger partial charge on any atom is 0.228 e. The van der Waals surface area contributed by atoms with E-state index in [2.05, 4.69) is 0 Å². The summed E-state index contributed by atoms with van der Waals surface area (Å²) in [5.41, 5.74) is 1.38. The first-order valence-electron chi connectivity index (χ1n) is 4.30. The minimum Gasteiger partial charge on any atom is -0.290 e. The van der Waals surface area contributed by atoms with E-state index < -0.39 is 0 Å². The fourth-order valence-electron chi connectivity index (χ4n) is 1.14. The maximum atomic E-state index is 11.4. The van der Waals surface area contributed by atoms with Gasteiger partial charge in [0.05, 0.1) is 0 Å². The molecule has 2 nitrogen and oxygen atoms in total. The van der Waals surface area contributed by atoms with Crippen molar-refractivity contribution in [2.45, 2.75) is 20.3 Å². The van der Waals surface area contributed by atoms with Crippen LogP contribution in [0.4, 0.5) is 0 Å². The number of rotatable bonds is 3. The zero-order chi connectivity index (χ0) is 9.84. The molecule has 0 aliphatic rings. The zero-order valence-corrected chi connectivity index (χ0v) is 7.83. The Morgan fingerprint density at radius 2 is 1.85 bits per heavy atom. The first-order valence-corrected chi connectivity index (χ1v) is 4.30. The predicted octanol–water partition coefficient (Wildman–Crippen LogP) is 2.16. The molecular weight excluding hydrogens is 164 g/mol. The fraction of sp³-hybridized carbons (Fsp3) is 0.273. The molecular formula is C11H12O2. The van der Waals surface area contributed by atoms with Crippen molar-refractivity contribution in [2.24, 2.45) is 0 Å². The molecule has 0 N–H and O–H groups in total. The number of aryl methyl sites for hydroxylation is 1. The van der Waals surface area contributed by atoms with Crippen molar-refractivity contribution in [2.75, 3.05) is 0 Å². The van der Waals surface area contributed by atoms with Crippen molar-refractivity contribution in [3.05, 3.63) is 35.4 Å². The lowest BCUT2D eigenvalue weighted by atomic mass is 10.0. The third-order valence-corrected chi connectivity index (χ3v) is 1.96. The molecule has 0 bridgehead atoms. The van der Waals surface area contributed by atoms with Gasteiger partial charge in [-0.15, -0.1) is 0 Å². The molecule has 0 aliphatic carbocycles. The second-order valence-electron chi connectivity index (χ2n) is 2.92. The van der Waals surface area contributed by atoms with Gasteiger partial charge in [-0.1, -0.05) is 31.2 Å². The molecule has 0 radical (unpaired) electrons. The van der Waals surface area contributed by atoms with Crippen molar-refractivity contribution < 1.29 is 9.59 Å². The summed E-state index contributed by atoms with van der Waals surface area (Å²) in [6, 6.07) is 7.13. The molecule has 0 fully saturated rings. The van der Waals surface area contributed by atoms with Crippen molar-refractivity contribution in [1.82, 2.24) is 0 Å². The van der Waals surface area contributed by atoms with Gasteiger partial charge in [-0.05, 0) is 12.5 Å². The molecule has 0 saturated heterocycles. The van der Waals surface area contributed by atoms with E-state index in [0.717, 1.165) is 5.56 Å². The van der Waals surface area contributed by atoms with Gasteiger partial charge in [-0.3, -0.25) is 9.59 Å². The Kier molecular flexibility index (Phi) is 2.96. The number of hydrogen-bond acceptors (Lipinski definition) is 2. The van der Waals surface area contributed by atoms with Crippen molar-refractivity contribution in [3.8, 4) is 0 Å². The quantitative estimate of drug-likeness (QED) is 0.522. The molecule has 0 heterocycles. The Hall–Kier alpha value is -1.44. The molecule has 1 aromatic carbocycles. The van der Waals surface area contributed by atoms with E-state index in [1.54, 1.807) is 19.1 Å². The molecule has 0 amide bonds. The van der Waals surface area contributed by atoms with Gasteiger partial charge in [0.25, 0.3) is 0 Å². The van der Waals surface area contributed by atoms with Crippen LogP contribution in [-0.4, -0.2) is 11.6 Å². The molecule has 0 aliphatic heterocycles. The van der Waals surface area contributed by atoms with Crippen molar-refractivity contribution in [1.29, 1.82) is 0 Å². The fourth-order valence-corrected chi connectivity index (χ4v) is 1.14. The standard InChI is InChI=1S/C11H12O2/c1-3-10(12)11(13)9-7-5-4-6-8(9)2/h4-7H,3H2,1-2H3. The van der Waals surface area contributed by atoms with Crippen molar-refractivity contribution in [3.63, 3.8) is 0 Å². The van der Waals surface area contributed by atoms with Crippen LogP contribution in [0.25, 0.3) is 0 Å². The van der Waals surface area contributed by atoms with Gasteiger partial charge in [0.15, 0.2) is 0 Å². The highest BCUT2D eigenvalue weighted by atomic mass is 16.2. The van der Waals surface area contributed by atoms with Gasteiger partial charge in [0, 0.05) is 12.0 Å². The molecule has 0 saturated carbocycles. The molecule has 13 heavy (non-hydrogen) atoms. The lowest BCUT2D eigenvalue weighted by molar-refractivity contribution is -0.114. The Morgan fingerprint density at radius 1 is 1.23 bits per heavy atom. The van der Waals surface area contributed by atoms with E-state index in [0.29, 0.717) is 5.56 Å². The average Bonchev–Trinajstić information content (AvgIpc) is 2.16. The summed E-state index contributed by atoms with van der Waals surface area (Å²) in [6.45, 7) is 3.52. The van der Waals surface area contributed by atoms with Crippen molar-refractivity contribution >= 4 is 11.6 Å². The molecule has 1 aromatic rings. The number of ketones is 2. The van der Waals surface area contributed by atoms with E-state index in [9.17, 15) is 9.59 Å². The van der Waals surface area contributed by atoms with Gasteiger partial charge in [-0.25, -0.2) is 0 Å². The van der Waals surface area contributed by atoms with Crippen LogP contribution in [0.15, 0.2) is 24.3 Å². The Labute approximate surface area is 77.6 Å². The number of carbonyl (C=O) groups excluding carboxylic acids is 2. The molecule has 0 unspecified atom stereocenters. The Balaban J connectivity index is 3.02. The predicted molar refractivity (Wildman–Crippen MR) is 50.8 cm³/mol. The third-order valence-electron chi connectivity index (χ3n) is 1.96. The summed E-state index contributed by atoms with van der Waals surface area (Å²) < 4.78 is 0. The summed E-state index contributed by atoms with van der Waals surface area (Å²) in [5.74, 6) is -0.699. The Bertz CT molecular complexity index is 340. The summed E-state index contributed by atoms with van der Waals surface area (Å²) in [6.07, 6.45) is 0.271. The molecule has 2 heteroatoms. The SMILES string of the molecule is CCC(=O)C(=O)c1ccccc1C. The van der Waals surface area contributed by atoms with Crippen LogP contribution in [-0.2, 0) is 4.79 Å². The van der Waals surface area contributed by atoms with E-state index >= 15 is 0 Å². The molecule has 0 spiro atoms. The summed E-state index contributed by atoms with van der Waals surface area (Å²) in [5, 5.41) is 0. The van der Waals surface area contributed by atoms with Crippen LogP contribution in [0.5, 0.6) is 0 Å². The summed E-state index contributed by atoms with van der Waals surface area (Å²) in [4.78, 5) is 22.6. The number of benzene rings is 1. The minimum absolute atomic E-state index is 0.271. The summed E-state index contributed by atoms with van der Waals surface area (Å²) in [7, 11) is 0. The van der Waals surface area contributed by atoms with Gasteiger partial charge in [0.1, 0.15) is 0 Å². The molecule has 68 valence electrons. The lowest BCUT2D eigenvalue weighted by Crippen LogP contribution is -2.13. The second-order valence-corrected chi connectivity index (χ2v) is 2.92. The van der Waals surface area contributed by atoms with Crippen LogP contribution in [0, 0.1) is 6.92 Å². The van der Waals surface area contributed by atoms with Gasteiger partial charge in [-0.2, -0.15) is 0 Å². The molecule has 0 atom stereocenters. The second kappa shape index (κ2) is 3.99. The third kappa shape index (κ3) is 2.02. The van der Waals surface area contributed by atoms with E-state index in [-0.39, 0.29) is 18.0 Å². The summed E-state index contributed by atoms with van der Waals surface area (Å²) >= 11 is 0. The smallest absolute Gasteiger partial charge is 0.228 e. The number of Topliss-reactive ketones (excluding diaryl/α,β-unsaturated/α-hetero) is 2. The van der Waals surface area contributed by atoms with Crippen LogP contribution in [0.2, 0.25) is 0 Å². The highest BCUT2D eigenvalue weighted by molar-refractivity contribution is 6.43. The van der Waals surface area contributed by atoms with E-state index in [1.165, 1.54) is 0 Å². The largest absolute Gasteiger partial charge is 0.290 e. The average molecular weight is 176 g/mol. The first kappa shape index (κ1) is 9.65. The highest BCUT2D eigenvalue weighted by Crippen LogP contribution is 2.08. The maximum absolute atomic E-state index is 11.4. The zero-order valence-electron chi connectivity index (χ0n) is 7.83. The molecule has 0 aromatic heterocycles. The Morgan fingerprint density at radius 3 is 2.38 bits per heavy atom. The van der Waals surface area contributed by atoms with E-state index in [1.807, 2.05) is 19.1 Å². The van der Waals surface area contributed by atoms with Gasteiger partial charge < -0.3 is 0 Å². The number of carbonyl (C=O) groups is 2. The van der Waals surface area contributed by atoms with Gasteiger partial charge in [0.2, 0.25) is 11.6 Å². The van der Waals surface area contributed by atoms with Crippen LogP contribution >= 0.6 is 0 Å². The first-order chi connectivity index (χ1) is 6.16. The normalized spacial score (nSPS) is 9.69. The monoisotopic (exact) mass is 176 g/mol. The molecule has 1 rings (SSSR count). The van der Waals surface area contributed by atoms with Gasteiger partial charge >= 0.3 is 0 Å². The minimum atomic E-state index is -0.374. The van der Waals surface area contributed by atoms with Crippen LogP contribution in [0.3, 0.4) is 0 Å². The topological polar surface area (TPSA) is 34.1 Å².